The number of nitrogens with one attached hydrogen (secondary N) is 1. The molecular weight excluding hydrogens is 244 g/mol. The summed E-state index contributed by atoms with van der Waals surface area (Å²) in [5.74, 6) is -0.840. The highest BCUT2D eigenvalue weighted by atomic mass is 19.1. The average molecular weight is 265 g/mol. The third-order valence-electron chi connectivity index (χ3n) is 4.16. The predicted octanol–water partition coefficient (Wildman–Crippen LogP) is 4.07. The van der Waals surface area contributed by atoms with Gasteiger partial charge in [-0.25, -0.2) is 8.78 Å². The lowest BCUT2D eigenvalue weighted by atomic mass is 9.75. The van der Waals surface area contributed by atoms with Crippen LogP contribution in [0.1, 0.15) is 43.7 Å². The van der Waals surface area contributed by atoms with Crippen LogP contribution in [0.3, 0.4) is 0 Å². The minimum atomic E-state index is -0.465. The molecule has 1 unspecified atom stereocenters. The van der Waals surface area contributed by atoms with Crippen molar-refractivity contribution in [2.24, 2.45) is 0 Å². The summed E-state index contributed by atoms with van der Waals surface area (Å²) >= 11 is 0. The van der Waals surface area contributed by atoms with E-state index in [1.54, 1.807) is 6.20 Å². The van der Waals surface area contributed by atoms with E-state index < -0.39 is 5.82 Å². The monoisotopic (exact) mass is 265 g/mol. The molecule has 0 saturated heterocycles. The van der Waals surface area contributed by atoms with Crippen LogP contribution in [0.5, 0.6) is 0 Å². The van der Waals surface area contributed by atoms with Crippen LogP contribution < -0.4 is 5.32 Å². The maximum Gasteiger partial charge on any atom is 0.130 e. The molecule has 0 radical (unpaired) electrons. The molecule has 0 aliphatic heterocycles. The first-order valence-corrected chi connectivity index (χ1v) is 6.95. The molecule has 0 saturated carbocycles. The number of halogens is 2. The Labute approximate surface area is 113 Å². The van der Waals surface area contributed by atoms with Crippen molar-refractivity contribution in [1.29, 1.82) is 0 Å². The molecule has 0 heterocycles. The van der Waals surface area contributed by atoms with E-state index in [0.29, 0.717) is 0 Å². The number of hydrogen-bond donors (Lipinski definition) is 1. The second-order valence-electron chi connectivity index (χ2n) is 5.36. The van der Waals surface area contributed by atoms with E-state index in [4.69, 9.17) is 0 Å². The minimum Gasteiger partial charge on any atom is -0.391 e. The van der Waals surface area contributed by atoms with Gasteiger partial charge < -0.3 is 5.32 Å². The normalized spacial score (nSPS) is 21.2. The molecular formula is C16H21F2N. The molecule has 1 atom stereocenters. The fraction of sp³-hybridized carbons (Fsp3) is 0.500. The highest BCUT2D eigenvalue weighted by molar-refractivity contribution is 5.41. The molecule has 3 heteroatoms. The largest absolute Gasteiger partial charge is 0.391 e. The van der Waals surface area contributed by atoms with Crippen LogP contribution >= 0.6 is 0 Å². The van der Waals surface area contributed by atoms with Crippen molar-refractivity contribution < 1.29 is 8.78 Å². The summed E-state index contributed by atoms with van der Waals surface area (Å²) in [6, 6.07) is 2.52. The molecule has 1 aromatic rings. The lowest BCUT2D eigenvalue weighted by Gasteiger charge is -2.30. The predicted molar refractivity (Wildman–Crippen MR) is 74.1 cm³/mol. The third-order valence-corrected chi connectivity index (χ3v) is 4.16. The van der Waals surface area contributed by atoms with Crippen LogP contribution in [-0.2, 0) is 11.8 Å². The van der Waals surface area contributed by atoms with Crippen LogP contribution in [0, 0.1) is 11.6 Å². The molecule has 1 aliphatic carbocycles. The van der Waals surface area contributed by atoms with Crippen molar-refractivity contribution in [3.8, 4) is 0 Å². The molecule has 1 aromatic carbocycles. The number of fused-ring (bicyclic) bond motifs is 1. The van der Waals surface area contributed by atoms with Gasteiger partial charge in [0.2, 0.25) is 0 Å². The molecule has 0 amide bonds. The van der Waals surface area contributed by atoms with Crippen LogP contribution in [0.2, 0.25) is 0 Å². The standard InChI is InChI=1S/C16H21F2N/c1-3-6-16(8-9-19-4-2)7-5-12-10-13(17)11-14(18)15(12)16/h4,10-11,19H,2-3,5-9H2,1H3. The van der Waals surface area contributed by atoms with Gasteiger partial charge in [-0.2, -0.15) is 0 Å². The molecule has 19 heavy (non-hydrogen) atoms. The van der Waals surface area contributed by atoms with Crippen LogP contribution in [0.15, 0.2) is 24.9 Å². The first-order valence-electron chi connectivity index (χ1n) is 6.95. The fourth-order valence-corrected chi connectivity index (χ4v) is 3.43. The summed E-state index contributed by atoms with van der Waals surface area (Å²) in [4.78, 5) is 0. The number of aryl methyl sites for hydroxylation is 1. The maximum atomic E-state index is 14.2. The molecule has 1 nitrogen and oxygen atoms in total. The van der Waals surface area contributed by atoms with Gasteiger partial charge in [0, 0.05) is 18.0 Å². The van der Waals surface area contributed by atoms with Crippen LogP contribution in [0.4, 0.5) is 8.78 Å². The molecule has 0 spiro atoms. The zero-order valence-corrected chi connectivity index (χ0v) is 11.4. The second kappa shape index (κ2) is 5.72. The van der Waals surface area contributed by atoms with Gasteiger partial charge in [0.1, 0.15) is 11.6 Å². The van der Waals surface area contributed by atoms with Gasteiger partial charge in [0.05, 0.1) is 0 Å². The van der Waals surface area contributed by atoms with Gasteiger partial charge in [0.25, 0.3) is 0 Å². The summed E-state index contributed by atoms with van der Waals surface area (Å²) in [5.41, 5.74) is 1.46. The van der Waals surface area contributed by atoms with Gasteiger partial charge in [-0.1, -0.05) is 19.9 Å². The Kier molecular flexibility index (Phi) is 4.23. The molecule has 104 valence electrons. The molecule has 2 rings (SSSR count). The lowest BCUT2D eigenvalue weighted by molar-refractivity contribution is 0.344. The van der Waals surface area contributed by atoms with Crippen LogP contribution in [0.25, 0.3) is 0 Å². The molecule has 0 aromatic heterocycles. The third kappa shape index (κ3) is 2.65. The summed E-state index contributed by atoms with van der Waals surface area (Å²) in [7, 11) is 0. The van der Waals surface area contributed by atoms with Crippen molar-refractivity contribution in [3.05, 3.63) is 47.7 Å². The maximum absolute atomic E-state index is 14.2. The molecule has 0 bridgehead atoms. The van der Waals surface area contributed by atoms with E-state index in [1.807, 2.05) is 0 Å². The fourth-order valence-electron chi connectivity index (χ4n) is 3.43. The van der Waals surface area contributed by atoms with Crippen molar-refractivity contribution >= 4 is 0 Å². The number of rotatable bonds is 6. The quantitative estimate of drug-likeness (QED) is 0.764. The first-order chi connectivity index (χ1) is 9.13. The molecule has 1 N–H and O–H groups in total. The highest BCUT2D eigenvalue weighted by Gasteiger charge is 2.40. The average Bonchev–Trinajstić information content (AvgIpc) is 2.69. The Morgan fingerprint density at radius 3 is 2.84 bits per heavy atom. The van der Waals surface area contributed by atoms with E-state index in [-0.39, 0.29) is 11.2 Å². The Hall–Kier alpha value is -1.38. The molecule has 1 aliphatic rings. The van der Waals surface area contributed by atoms with E-state index in [0.717, 1.165) is 55.8 Å². The Morgan fingerprint density at radius 2 is 2.16 bits per heavy atom. The Bertz CT molecular complexity index is 470. The van der Waals surface area contributed by atoms with E-state index in [2.05, 4.69) is 18.8 Å². The molecule has 0 fully saturated rings. The zero-order chi connectivity index (χ0) is 13.9. The van der Waals surface area contributed by atoms with E-state index in [9.17, 15) is 8.78 Å². The van der Waals surface area contributed by atoms with Gasteiger partial charge in [-0.3, -0.25) is 0 Å². The summed E-state index contributed by atoms with van der Waals surface area (Å²) < 4.78 is 27.5. The smallest absolute Gasteiger partial charge is 0.130 e. The highest BCUT2D eigenvalue weighted by Crippen LogP contribution is 2.46. The number of benzene rings is 1. The Balaban J connectivity index is 2.35. The summed E-state index contributed by atoms with van der Waals surface area (Å²) in [6.07, 6.45) is 6.16. The van der Waals surface area contributed by atoms with Crippen LogP contribution in [-0.4, -0.2) is 6.54 Å². The zero-order valence-electron chi connectivity index (χ0n) is 11.4. The second-order valence-corrected chi connectivity index (χ2v) is 5.36. The van der Waals surface area contributed by atoms with Gasteiger partial charge in [0.15, 0.2) is 0 Å². The van der Waals surface area contributed by atoms with Gasteiger partial charge >= 0.3 is 0 Å². The van der Waals surface area contributed by atoms with Crippen molar-refractivity contribution in [1.82, 2.24) is 5.32 Å². The topological polar surface area (TPSA) is 12.0 Å². The van der Waals surface area contributed by atoms with Crippen molar-refractivity contribution in [2.75, 3.05) is 6.54 Å². The van der Waals surface area contributed by atoms with Crippen molar-refractivity contribution in [2.45, 2.75) is 44.4 Å². The first kappa shape index (κ1) is 14.0. The summed E-state index contributed by atoms with van der Waals surface area (Å²) in [5, 5.41) is 3.09. The van der Waals surface area contributed by atoms with Crippen molar-refractivity contribution in [3.63, 3.8) is 0 Å². The van der Waals surface area contributed by atoms with Gasteiger partial charge in [-0.15, -0.1) is 0 Å². The minimum absolute atomic E-state index is 0.141. The number of hydrogen-bond acceptors (Lipinski definition) is 1. The van der Waals surface area contributed by atoms with E-state index in [1.165, 1.54) is 6.07 Å². The van der Waals surface area contributed by atoms with Gasteiger partial charge in [-0.05, 0) is 49.1 Å². The summed E-state index contributed by atoms with van der Waals surface area (Å²) in [6.45, 7) is 6.52. The lowest BCUT2D eigenvalue weighted by Crippen LogP contribution is -2.28. The van der Waals surface area contributed by atoms with E-state index >= 15 is 0 Å². The Morgan fingerprint density at radius 1 is 1.37 bits per heavy atom. The SMILES string of the molecule is C=CNCCC1(CCC)CCc2cc(F)cc(F)c21.